The fourth-order valence-electron chi connectivity index (χ4n) is 4.51. The van der Waals surface area contributed by atoms with E-state index in [-0.39, 0.29) is 25.0 Å². The van der Waals surface area contributed by atoms with Gasteiger partial charge in [-0.3, -0.25) is 4.79 Å². The lowest BCUT2D eigenvalue weighted by molar-refractivity contribution is -0.240. The second-order valence-corrected chi connectivity index (χ2v) is 10.3. The molecule has 230 valence electrons. The summed E-state index contributed by atoms with van der Waals surface area (Å²) in [6, 6.07) is 0. The molecule has 0 spiro atoms. The fraction of sp³-hybridized carbons (Fsp3) is 0.885. The number of aromatic nitrogens is 3. The van der Waals surface area contributed by atoms with Crippen LogP contribution in [0.2, 0.25) is 0 Å². The molecule has 14 heteroatoms. The summed E-state index contributed by atoms with van der Waals surface area (Å²) < 4.78 is 35.4. The van der Waals surface area contributed by atoms with Gasteiger partial charge in [-0.2, -0.15) is 0 Å². The van der Waals surface area contributed by atoms with E-state index >= 15 is 0 Å². The number of carbonyl (C=O) groups is 1. The van der Waals surface area contributed by atoms with Gasteiger partial charge in [-0.1, -0.05) is 12.1 Å². The first-order valence-corrected chi connectivity index (χ1v) is 14.3. The first-order valence-electron chi connectivity index (χ1n) is 14.3. The third-order valence-electron chi connectivity index (χ3n) is 6.85. The van der Waals surface area contributed by atoms with Crippen LogP contribution in [0.4, 0.5) is 0 Å². The number of nitrogens with one attached hydrogen (secondary N) is 1. The molecule has 5 atom stereocenters. The van der Waals surface area contributed by atoms with Crippen LogP contribution in [-0.2, 0) is 46.4 Å². The van der Waals surface area contributed by atoms with Crippen LogP contribution in [0.15, 0.2) is 6.20 Å². The van der Waals surface area contributed by atoms with E-state index in [0.717, 1.165) is 19.3 Å². The average molecular weight is 574 g/mol. The van der Waals surface area contributed by atoms with Gasteiger partial charge in [0, 0.05) is 58.5 Å². The van der Waals surface area contributed by atoms with Crippen LogP contribution < -0.4 is 11.1 Å². The lowest BCUT2D eigenvalue weighted by atomic mass is 9.85. The summed E-state index contributed by atoms with van der Waals surface area (Å²) in [6.07, 6.45) is 2.78. The van der Waals surface area contributed by atoms with Crippen molar-refractivity contribution in [3.05, 3.63) is 11.9 Å². The van der Waals surface area contributed by atoms with Crippen molar-refractivity contribution < 1.29 is 43.4 Å². The van der Waals surface area contributed by atoms with E-state index < -0.39 is 24.1 Å². The van der Waals surface area contributed by atoms with Crippen molar-refractivity contribution in [3.8, 4) is 0 Å². The quantitative estimate of drug-likeness (QED) is 0.129. The van der Waals surface area contributed by atoms with E-state index in [9.17, 15) is 15.0 Å². The Morgan fingerprint density at radius 1 is 1.07 bits per heavy atom. The number of hydrogen-bond acceptors (Lipinski definition) is 12. The molecule has 0 aromatic carbocycles. The number of aliphatic hydroxyl groups excluding tert-OH is 2. The molecule has 0 aliphatic carbocycles. The maximum absolute atomic E-state index is 11.4. The Morgan fingerprint density at radius 2 is 1.73 bits per heavy atom. The van der Waals surface area contributed by atoms with E-state index in [0.29, 0.717) is 84.5 Å². The monoisotopic (exact) mass is 573 g/mol. The van der Waals surface area contributed by atoms with Crippen LogP contribution in [0.3, 0.4) is 0 Å². The topological polar surface area (TPSA) is 182 Å². The number of nitrogens with two attached hydrogens (primary N) is 1. The van der Waals surface area contributed by atoms with Crippen LogP contribution in [-0.4, -0.2) is 121 Å². The van der Waals surface area contributed by atoms with Crippen LogP contribution in [0, 0.1) is 5.92 Å². The van der Waals surface area contributed by atoms with Crippen LogP contribution in [0.25, 0.3) is 0 Å². The lowest BCUT2D eigenvalue weighted by Gasteiger charge is -2.41. The number of amides is 1. The minimum atomic E-state index is -1.07. The van der Waals surface area contributed by atoms with Crippen molar-refractivity contribution >= 4 is 5.91 Å². The molecule has 2 saturated heterocycles. The van der Waals surface area contributed by atoms with Crippen molar-refractivity contribution in [1.29, 1.82) is 0 Å². The Bertz CT molecular complexity index is 847. The SMILES string of the molecule is C[C@H]1[C@H]2OC[C@](Cn3cc(COCCCOCCCOCCCOCCNC(=O)CCCN)nn3)(O2)[C@H](O)[C@@H]1O. The van der Waals surface area contributed by atoms with Crippen molar-refractivity contribution in [2.45, 2.75) is 76.3 Å². The summed E-state index contributed by atoms with van der Waals surface area (Å²) in [7, 11) is 0. The molecule has 2 fully saturated rings. The zero-order valence-electron chi connectivity index (χ0n) is 23.6. The molecule has 1 aromatic rings. The van der Waals surface area contributed by atoms with Gasteiger partial charge in [0.15, 0.2) is 6.29 Å². The summed E-state index contributed by atoms with van der Waals surface area (Å²) in [5, 5.41) is 31.9. The van der Waals surface area contributed by atoms with Gasteiger partial charge < -0.3 is 49.7 Å². The Balaban J connectivity index is 1.10. The minimum absolute atomic E-state index is 0.0113. The molecule has 0 unspecified atom stereocenters. The summed E-state index contributed by atoms with van der Waals surface area (Å²) in [5.74, 6) is -0.290. The van der Waals surface area contributed by atoms with Gasteiger partial charge in [-0.25, -0.2) is 4.68 Å². The summed E-state index contributed by atoms with van der Waals surface area (Å²) >= 11 is 0. The molecule has 14 nitrogen and oxygen atoms in total. The van der Waals surface area contributed by atoms with Crippen LogP contribution >= 0.6 is 0 Å². The van der Waals surface area contributed by atoms with Crippen LogP contribution in [0.5, 0.6) is 0 Å². The van der Waals surface area contributed by atoms with Gasteiger partial charge >= 0.3 is 0 Å². The van der Waals surface area contributed by atoms with Gasteiger partial charge in [0.2, 0.25) is 5.91 Å². The smallest absolute Gasteiger partial charge is 0.220 e. The largest absolute Gasteiger partial charge is 0.390 e. The van der Waals surface area contributed by atoms with Gasteiger partial charge in [0.05, 0.1) is 38.7 Å². The van der Waals surface area contributed by atoms with E-state index in [1.54, 1.807) is 17.8 Å². The van der Waals surface area contributed by atoms with Crippen molar-refractivity contribution in [1.82, 2.24) is 20.3 Å². The Hall–Kier alpha value is -1.75. The second kappa shape index (κ2) is 17.9. The van der Waals surface area contributed by atoms with E-state index in [4.69, 9.17) is 34.2 Å². The zero-order chi connectivity index (χ0) is 28.6. The molecule has 5 N–H and O–H groups in total. The molecule has 0 saturated carbocycles. The molecule has 1 amide bonds. The molecule has 2 bridgehead atoms. The Labute approximate surface area is 235 Å². The predicted molar refractivity (Wildman–Crippen MR) is 142 cm³/mol. The summed E-state index contributed by atoms with van der Waals surface area (Å²) in [6.45, 7) is 7.68. The van der Waals surface area contributed by atoms with Gasteiger partial charge in [-0.05, 0) is 32.2 Å². The van der Waals surface area contributed by atoms with E-state index in [1.165, 1.54) is 0 Å². The average Bonchev–Trinajstić information content (AvgIpc) is 3.58. The number of nitrogens with zero attached hydrogens (tertiary/aromatic N) is 3. The molecular weight excluding hydrogens is 526 g/mol. The highest BCUT2D eigenvalue weighted by Gasteiger charge is 2.58. The maximum atomic E-state index is 11.4. The summed E-state index contributed by atoms with van der Waals surface area (Å²) in [4.78, 5) is 11.4. The molecular formula is C26H47N5O9. The minimum Gasteiger partial charge on any atom is -0.390 e. The van der Waals surface area contributed by atoms with Crippen molar-refractivity contribution in [2.24, 2.45) is 11.7 Å². The van der Waals surface area contributed by atoms with E-state index in [1.807, 2.05) is 0 Å². The number of hydrogen-bond donors (Lipinski definition) is 4. The third kappa shape index (κ3) is 10.6. The number of aliphatic hydroxyl groups is 2. The molecule has 40 heavy (non-hydrogen) atoms. The fourth-order valence-corrected chi connectivity index (χ4v) is 4.51. The van der Waals surface area contributed by atoms with Crippen molar-refractivity contribution in [2.75, 3.05) is 65.9 Å². The molecule has 3 heterocycles. The highest BCUT2D eigenvalue weighted by molar-refractivity contribution is 5.75. The summed E-state index contributed by atoms with van der Waals surface area (Å²) in [5.41, 5.74) is 5.00. The van der Waals surface area contributed by atoms with Crippen molar-refractivity contribution in [3.63, 3.8) is 0 Å². The molecule has 3 rings (SSSR count). The van der Waals surface area contributed by atoms with E-state index in [2.05, 4.69) is 15.6 Å². The number of ether oxygens (including phenoxy) is 6. The predicted octanol–water partition coefficient (Wildman–Crippen LogP) is -0.647. The number of carbonyl (C=O) groups excluding carboxylic acids is 1. The lowest BCUT2D eigenvalue weighted by Crippen LogP contribution is -2.59. The Morgan fingerprint density at radius 3 is 2.40 bits per heavy atom. The second-order valence-electron chi connectivity index (χ2n) is 10.3. The zero-order valence-corrected chi connectivity index (χ0v) is 23.6. The third-order valence-corrected chi connectivity index (χ3v) is 6.85. The normalized spacial score (nSPS) is 25.9. The highest BCUT2D eigenvalue weighted by atomic mass is 16.7. The molecule has 0 radical (unpaired) electrons. The first kappa shape index (κ1) is 32.8. The number of fused-ring (bicyclic) bond motifs is 2. The van der Waals surface area contributed by atoms with Crippen LogP contribution in [0.1, 0.15) is 44.7 Å². The van der Waals surface area contributed by atoms with Gasteiger partial charge in [0.1, 0.15) is 17.4 Å². The number of rotatable bonds is 22. The van der Waals surface area contributed by atoms with Gasteiger partial charge in [-0.15, -0.1) is 5.10 Å². The van der Waals surface area contributed by atoms with Gasteiger partial charge in [0.25, 0.3) is 0 Å². The first-order chi connectivity index (χ1) is 19.4. The molecule has 2 aliphatic rings. The highest BCUT2D eigenvalue weighted by Crippen LogP contribution is 2.40. The maximum Gasteiger partial charge on any atom is 0.220 e. The molecule has 2 aliphatic heterocycles. The molecule has 1 aromatic heterocycles. The Kier molecular flexibility index (Phi) is 14.7. The standard InChI is InChI=1S/C26H47N5O9/c1-20-23(33)24(34)26(19-39-25(20)40-26)18-31-16-21(29-30-31)17-38-14-5-12-36-10-3-9-35-11-4-13-37-15-8-28-22(32)6-2-7-27/h16,20,23-25,33-34H,2-15,17-19,27H2,1H3,(H,28,32)/t20-,23-,24-,25+,26+/m1/s1.